The summed E-state index contributed by atoms with van der Waals surface area (Å²) in [5.74, 6) is 1.54. The monoisotopic (exact) mass is 390 g/mol. The van der Waals surface area contributed by atoms with Gasteiger partial charge in [0.15, 0.2) is 11.5 Å². The number of fused-ring (bicyclic) bond motifs is 1. The topological polar surface area (TPSA) is 64.2 Å². The Morgan fingerprint density at radius 1 is 1.42 bits per heavy atom. The maximum Gasteiger partial charge on any atom is 0.264 e. The summed E-state index contributed by atoms with van der Waals surface area (Å²) in [7, 11) is 0. The van der Waals surface area contributed by atoms with E-state index >= 15 is 0 Å². The lowest BCUT2D eigenvalue weighted by atomic mass is 10.2. The van der Waals surface area contributed by atoms with Gasteiger partial charge in [-0.15, -0.1) is 0 Å². The molecule has 1 aromatic heterocycles. The molecule has 1 aliphatic rings. The van der Waals surface area contributed by atoms with Crippen molar-refractivity contribution < 1.29 is 9.47 Å². The Bertz CT molecular complexity index is 730. The number of rotatable bonds is 1. The number of benzene rings is 1. The molecule has 1 aliphatic heterocycles. The van der Waals surface area contributed by atoms with Gasteiger partial charge in [-0.05, 0) is 41.6 Å². The number of hydrogen-bond acceptors (Lipinski definition) is 4. The number of aromatic amines is 1. The highest BCUT2D eigenvalue weighted by atomic mass is 127. The fourth-order valence-electron chi connectivity index (χ4n) is 1.81. The lowest BCUT2D eigenvalue weighted by Crippen LogP contribution is -2.14. The average molecular weight is 391 g/mol. The van der Waals surface area contributed by atoms with Gasteiger partial charge in [0.05, 0.1) is 14.3 Å². The summed E-state index contributed by atoms with van der Waals surface area (Å²) in [6, 6.07) is 3.44. The Labute approximate surface area is 127 Å². The predicted octanol–water partition coefficient (Wildman–Crippen LogP) is 2.73. The predicted molar refractivity (Wildman–Crippen MR) is 78.9 cm³/mol. The van der Waals surface area contributed by atoms with Crippen LogP contribution >= 0.6 is 34.2 Å². The molecule has 3 rings (SSSR count). The quantitative estimate of drug-likeness (QED) is 0.761. The number of H-pyrrole nitrogens is 1. The maximum absolute atomic E-state index is 11.8. The molecule has 0 aliphatic carbocycles. The minimum Gasteiger partial charge on any atom is -0.454 e. The van der Waals surface area contributed by atoms with Gasteiger partial charge >= 0.3 is 0 Å². The number of nitrogens with zero attached hydrogens (tertiary/aromatic N) is 1. The molecule has 2 aromatic rings. The maximum atomic E-state index is 11.8. The number of halogens is 2. The molecule has 2 heterocycles. The number of nitrogens with one attached hydrogen (secondary N) is 1. The molecular weight excluding hydrogens is 382 g/mol. The zero-order chi connectivity index (χ0) is 13.6. The Balaban J connectivity index is 2.18. The van der Waals surface area contributed by atoms with Gasteiger partial charge in [0.2, 0.25) is 6.79 Å². The van der Waals surface area contributed by atoms with E-state index in [9.17, 15) is 4.79 Å². The number of aromatic nitrogens is 2. The van der Waals surface area contributed by atoms with Crippen LogP contribution in [0.15, 0.2) is 16.9 Å². The van der Waals surface area contributed by atoms with Crippen LogP contribution in [0.4, 0.5) is 0 Å². The summed E-state index contributed by atoms with van der Waals surface area (Å²) < 4.78 is 11.1. The summed E-state index contributed by atoms with van der Waals surface area (Å²) >= 11 is 8.07. The standard InChI is InChI=1S/C12H8ClIN2O3/c1-5-9(14)12(17)16-11(15-5)6-2-7(13)10-8(3-6)18-4-19-10/h2-3H,4H2,1H3,(H,15,16,17). The highest BCUT2D eigenvalue weighted by molar-refractivity contribution is 14.1. The van der Waals surface area contributed by atoms with Gasteiger partial charge in [-0.2, -0.15) is 0 Å². The average Bonchev–Trinajstić information content (AvgIpc) is 2.84. The molecule has 0 amide bonds. The number of hydrogen-bond donors (Lipinski definition) is 1. The fourth-order valence-corrected chi connectivity index (χ4v) is 2.33. The largest absolute Gasteiger partial charge is 0.454 e. The van der Waals surface area contributed by atoms with Crippen LogP contribution in [0.3, 0.4) is 0 Å². The third kappa shape index (κ3) is 2.18. The van der Waals surface area contributed by atoms with E-state index in [0.717, 1.165) is 0 Å². The van der Waals surface area contributed by atoms with E-state index in [-0.39, 0.29) is 12.4 Å². The van der Waals surface area contributed by atoms with Crippen molar-refractivity contribution in [3.8, 4) is 22.9 Å². The molecule has 0 saturated carbocycles. The first-order chi connectivity index (χ1) is 9.06. The van der Waals surface area contributed by atoms with Gasteiger partial charge in [-0.25, -0.2) is 4.98 Å². The molecule has 0 unspecified atom stereocenters. The third-order valence-corrected chi connectivity index (χ3v) is 4.28. The van der Waals surface area contributed by atoms with E-state index in [1.165, 1.54) is 0 Å². The van der Waals surface area contributed by atoms with Crippen molar-refractivity contribution in [2.45, 2.75) is 6.92 Å². The van der Waals surface area contributed by atoms with E-state index < -0.39 is 0 Å². The normalized spacial score (nSPS) is 12.8. The molecule has 19 heavy (non-hydrogen) atoms. The molecule has 5 nitrogen and oxygen atoms in total. The lowest BCUT2D eigenvalue weighted by Gasteiger charge is -2.06. The van der Waals surface area contributed by atoms with Crippen molar-refractivity contribution in [1.29, 1.82) is 0 Å². The van der Waals surface area contributed by atoms with Crippen molar-refractivity contribution in [3.63, 3.8) is 0 Å². The van der Waals surface area contributed by atoms with Crippen LogP contribution in [0, 0.1) is 10.5 Å². The van der Waals surface area contributed by atoms with Crippen LogP contribution in [0.5, 0.6) is 11.5 Å². The summed E-state index contributed by atoms with van der Waals surface area (Å²) in [5.41, 5.74) is 1.19. The van der Waals surface area contributed by atoms with E-state index in [4.69, 9.17) is 21.1 Å². The Morgan fingerprint density at radius 2 is 2.21 bits per heavy atom. The molecule has 98 valence electrons. The van der Waals surface area contributed by atoms with Crippen LogP contribution in [-0.2, 0) is 0 Å². The van der Waals surface area contributed by atoms with Crippen LogP contribution in [0.1, 0.15) is 5.69 Å². The van der Waals surface area contributed by atoms with Crippen molar-refractivity contribution >= 4 is 34.2 Å². The Hall–Kier alpha value is -1.28. The van der Waals surface area contributed by atoms with Gasteiger partial charge in [-0.3, -0.25) is 4.79 Å². The Kier molecular flexibility index (Phi) is 3.14. The van der Waals surface area contributed by atoms with Gasteiger partial charge in [0, 0.05) is 5.56 Å². The minimum atomic E-state index is -0.170. The molecular formula is C12H8ClIN2O3. The summed E-state index contributed by atoms with van der Waals surface area (Å²) in [5, 5.41) is 0.434. The van der Waals surface area contributed by atoms with Crippen LogP contribution in [0.2, 0.25) is 5.02 Å². The number of ether oxygens (including phenoxy) is 2. The van der Waals surface area contributed by atoms with Gasteiger partial charge in [-0.1, -0.05) is 11.6 Å². The Morgan fingerprint density at radius 3 is 2.95 bits per heavy atom. The van der Waals surface area contributed by atoms with Crippen molar-refractivity contribution in [2.75, 3.05) is 6.79 Å². The van der Waals surface area contributed by atoms with Gasteiger partial charge in [0.25, 0.3) is 5.56 Å². The van der Waals surface area contributed by atoms with Gasteiger partial charge < -0.3 is 14.5 Å². The molecule has 1 aromatic carbocycles. The van der Waals surface area contributed by atoms with Crippen LogP contribution in [-0.4, -0.2) is 16.8 Å². The molecule has 0 bridgehead atoms. The second-order valence-corrected chi connectivity index (χ2v) is 5.49. The molecule has 1 N–H and O–H groups in total. The summed E-state index contributed by atoms with van der Waals surface area (Å²) in [4.78, 5) is 18.8. The minimum absolute atomic E-state index is 0.147. The number of aryl methyl sites for hydroxylation is 1. The van der Waals surface area contributed by atoms with Crippen molar-refractivity contribution in [2.24, 2.45) is 0 Å². The second kappa shape index (κ2) is 4.68. The summed E-state index contributed by atoms with van der Waals surface area (Å²) in [6.07, 6.45) is 0. The first-order valence-corrected chi connectivity index (χ1v) is 6.88. The molecule has 0 spiro atoms. The molecule has 0 saturated heterocycles. The third-order valence-electron chi connectivity index (χ3n) is 2.73. The van der Waals surface area contributed by atoms with Crippen LogP contribution < -0.4 is 15.0 Å². The van der Waals surface area contributed by atoms with Crippen molar-refractivity contribution in [3.05, 3.63) is 36.8 Å². The smallest absolute Gasteiger partial charge is 0.264 e. The highest BCUT2D eigenvalue weighted by Gasteiger charge is 2.19. The van der Waals surface area contributed by atoms with Crippen molar-refractivity contribution in [1.82, 2.24) is 9.97 Å². The zero-order valence-corrected chi connectivity index (χ0v) is 12.7. The molecule has 0 radical (unpaired) electrons. The van der Waals surface area contributed by atoms with E-state index in [2.05, 4.69) is 9.97 Å². The van der Waals surface area contributed by atoms with E-state index in [1.807, 2.05) is 22.6 Å². The van der Waals surface area contributed by atoms with E-state index in [0.29, 0.717) is 37.2 Å². The first-order valence-electron chi connectivity index (χ1n) is 5.42. The van der Waals surface area contributed by atoms with Gasteiger partial charge in [0.1, 0.15) is 5.82 Å². The SMILES string of the molecule is Cc1nc(-c2cc(Cl)c3c(c2)OCO3)[nH]c(=O)c1I. The zero-order valence-electron chi connectivity index (χ0n) is 9.79. The summed E-state index contributed by atoms with van der Waals surface area (Å²) in [6.45, 7) is 1.93. The van der Waals surface area contributed by atoms with E-state index in [1.54, 1.807) is 19.1 Å². The lowest BCUT2D eigenvalue weighted by molar-refractivity contribution is 0.174. The molecule has 0 fully saturated rings. The fraction of sp³-hybridized carbons (Fsp3) is 0.167. The molecule has 0 atom stereocenters. The van der Waals surface area contributed by atoms with Crippen LogP contribution in [0.25, 0.3) is 11.4 Å². The molecule has 7 heteroatoms. The first kappa shape index (κ1) is 12.7. The highest BCUT2D eigenvalue weighted by Crippen LogP contribution is 2.41. The second-order valence-electron chi connectivity index (χ2n) is 4.01.